The summed E-state index contributed by atoms with van der Waals surface area (Å²) in [6.07, 6.45) is 3.59. The molecular formula is C28H23ClFN3O2. The maximum Gasteiger partial charge on any atom is 0.258 e. The van der Waals surface area contributed by atoms with Crippen molar-refractivity contribution in [2.45, 2.75) is 19.5 Å². The van der Waals surface area contributed by atoms with Crippen LogP contribution < -0.4 is 10.2 Å². The number of pyridine rings is 1. The van der Waals surface area contributed by atoms with Crippen molar-refractivity contribution < 1.29 is 14.0 Å². The van der Waals surface area contributed by atoms with Crippen LogP contribution in [0.15, 0.2) is 97.3 Å². The fourth-order valence-corrected chi connectivity index (χ4v) is 3.72. The highest BCUT2D eigenvalue weighted by atomic mass is 35.5. The van der Waals surface area contributed by atoms with Crippen LogP contribution in [0.2, 0.25) is 5.02 Å². The second-order valence-electron chi connectivity index (χ2n) is 8.01. The van der Waals surface area contributed by atoms with E-state index in [1.807, 2.05) is 24.3 Å². The Morgan fingerprint density at radius 2 is 1.63 bits per heavy atom. The van der Waals surface area contributed by atoms with Crippen LogP contribution in [0.25, 0.3) is 0 Å². The van der Waals surface area contributed by atoms with Gasteiger partial charge in [-0.2, -0.15) is 0 Å². The Balaban J connectivity index is 1.49. The SMILES string of the molecule is O=C(Cc1ccc(N(Cc2cccc(F)c2)C(=O)c2ccc(Cl)cc2)cc1)NCc1cccnc1. The average molecular weight is 488 g/mol. The molecule has 0 aliphatic carbocycles. The minimum absolute atomic E-state index is 0.115. The summed E-state index contributed by atoms with van der Waals surface area (Å²) in [4.78, 5) is 31.3. The first kappa shape index (κ1) is 24.1. The van der Waals surface area contributed by atoms with Crippen molar-refractivity contribution in [3.63, 3.8) is 0 Å². The minimum Gasteiger partial charge on any atom is -0.352 e. The molecule has 0 saturated heterocycles. The third-order valence-electron chi connectivity index (χ3n) is 5.39. The normalized spacial score (nSPS) is 10.6. The van der Waals surface area contributed by atoms with Crippen molar-refractivity contribution in [2.24, 2.45) is 0 Å². The predicted molar refractivity (Wildman–Crippen MR) is 135 cm³/mol. The first-order valence-electron chi connectivity index (χ1n) is 11.0. The lowest BCUT2D eigenvalue weighted by Gasteiger charge is -2.23. The molecule has 35 heavy (non-hydrogen) atoms. The van der Waals surface area contributed by atoms with Crippen molar-refractivity contribution in [1.82, 2.24) is 10.3 Å². The lowest BCUT2D eigenvalue weighted by molar-refractivity contribution is -0.120. The molecule has 0 atom stereocenters. The molecule has 0 aliphatic heterocycles. The standard InChI is InChI=1S/C28H23ClFN3O2/c29-24-10-8-23(9-11-24)28(35)33(19-21-3-1-5-25(30)15-21)26-12-6-20(7-13-26)16-27(34)32-18-22-4-2-14-31-17-22/h1-15,17H,16,18-19H2,(H,32,34). The van der Waals surface area contributed by atoms with Crippen LogP contribution in [-0.2, 0) is 24.3 Å². The highest BCUT2D eigenvalue weighted by Crippen LogP contribution is 2.22. The Hall–Kier alpha value is -4.03. The van der Waals surface area contributed by atoms with Crippen molar-refractivity contribution in [1.29, 1.82) is 0 Å². The first-order valence-corrected chi connectivity index (χ1v) is 11.4. The number of amides is 2. The van der Waals surface area contributed by atoms with Crippen LogP contribution in [0, 0.1) is 5.82 Å². The maximum absolute atomic E-state index is 13.8. The molecule has 0 spiro atoms. The molecular weight excluding hydrogens is 465 g/mol. The van der Waals surface area contributed by atoms with E-state index in [0.717, 1.165) is 11.1 Å². The van der Waals surface area contributed by atoms with Gasteiger partial charge in [0.25, 0.3) is 5.91 Å². The monoisotopic (exact) mass is 487 g/mol. The predicted octanol–water partition coefficient (Wildman–Crippen LogP) is 5.58. The molecule has 0 unspecified atom stereocenters. The van der Waals surface area contributed by atoms with E-state index >= 15 is 0 Å². The van der Waals surface area contributed by atoms with Gasteiger partial charge in [-0.15, -0.1) is 0 Å². The molecule has 5 nitrogen and oxygen atoms in total. The van der Waals surface area contributed by atoms with Gasteiger partial charge in [-0.05, 0) is 71.3 Å². The van der Waals surface area contributed by atoms with Crippen LogP contribution in [0.1, 0.15) is 27.0 Å². The summed E-state index contributed by atoms with van der Waals surface area (Å²) in [7, 11) is 0. The van der Waals surface area contributed by atoms with Crippen LogP contribution >= 0.6 is 11.6 Å². The molecule has 0 bridgehead atoms. The van der Waals surface area contributed by atoms with Crippen molar-refractivity contribution in [2.75, 3.05) is 4.90 Å². The number of carbonyl (C=O) groups excluding carboxylic acids is 2. The second kappa shape index (κ2) is 11.4. The topological polar surface area (TPSA) is 62.3 Å². The molecule has 3 aromatic carbocycles. The Kier molecular flexibility index (Phi) is 7.85. The number of anilines is 1. The molecule has 0 fully saturated rings. The minimum atomic E-state index is -0.367. The third kappa shape index (κ3) is 6.74. The number of hydrogen-bond donors (Lipinski definition) is 1. The molecule has 1 heterocycles. The molecule has 176 valence electrons. The summed E-state index contributed by atoms with van der Waals surface area (Å²) in [5.74, 6) is -0.725. The Morgan fingerprint density at radius 3 is 2.31 bits per heavy atom. The van der Waals surface area contributed by atoms with Gasteiger partial charge in [-0.1, -0.05) is 41.9 Å². The molecule has 2 amide bonds. The van der Waals surface area contributed by atoms with Crippen LogP contribution in [0.4, 0.5) is 10.1 Å². The van der Waals surface area contributed by atoms with E-state index in [1.54, 1.807) is 65.8 Å². The number of rotatable bonds is 8. The van der Waals surface area contributed by atoms with E-state index in [0.29, 0.717) is 28.4 Å². The zero-order chi connectivity index (χ0) is 24.6. The lowest BCUT2D eigenvalue weighted by Crippen LogP contribution is -2.30. The van der Waals surface area contributed by atoms with Gasteiger partial charge >= 0.3 is 0 Å². The van der Waals surface area contributed by atoms with Crippen LogP contribution in [0.3, 0.4) is 0 Å². The Morgan fingerprint density at radius 1 is 0.886 bits per heavy atom. The molecule has 4 rings (SSSR count). The van der Waals surface area contributed by atoms with E-state index in [4.69, 9.17) is 11.6 Å². The van der Waals surface area contributed by atoms with Gasteiger partial charge in [-0.25, -0.2) is 4.39 Å². The summed E-state index contributed by atoms with van der Waals surface area (Å²) in [5, 5.41) is 3.41. The second-order valence-corrected chi connectivity index (χ2v) is 8.45. The highest BCUT2D eigenvalue weighted by molar-refractivity contribution is 6.30. The molecule has 1 aromatic heterocycles. The first-order chi connectivity index (χ1) is 17.0. The number of nitrogens with one attached hydrogen (secondary N) is 1. The largest absolute Gasteiger partial charge is 0.352 e. The van der Waals surface area contributed by atoms with Gasteiger partial charge in [0.1, 0.15) is 5.82 Å². The van der Waals surface area contributed by atoms with Crippen molar-refractivity contribution >= 4 is 29.1 Å². The molecule has 0 aliphatic rings. The Labute approximate surface area is 208 Å². The van der Waals surface area contributed by atoms with Crippen molar-refractivity contribution in [3.8, 4) is 0 Å². The Bertz CT molecular complexity index is 1300. The van der Waals surface area contributed by atoms with Gasteiger partial charge in [-0.3, -0.25) is 14.6 Å². The zero-order valence-electron chi connectivity index (χ0n) is 18.8. The number of carbonyl (C=O) groups is 2. The summed E-state index contributed by atoms with van der Waals surface area (Å²) in [6.45, 7) is 0.589. The average Bonchev–Trinajstić information content (AvgIpc) is 2.87. The molecule has 0 saturated carbocycles. The summed E-state index contributed by atoms with van der Waals surface area (Å²) < 4.78 is 13.8. The number of nitrogens with zero attached hydrogens (tertiary/aromatic N) is 2. The maximum atomic E-state index is 13.8. The number of aromatic nitrogens is 1. The quantitative estimate of drug-likeness (QED) is 0.353. The summed E-state index contributed by atoms with van der Waals surface area (Å²) in [5.41, 5.74) is 3.48. The smallest absolute Gasteiger partial charge is 0.258 e. The van der Waals surface area contributed by atoms with Gasteiger partial charge in [0.15, 0.2) is 0 Å². The van der Waals surface area contributed by atoms with E-state index in [9.17, 15) is 14.0 Å². The number of halogens is 2. The van der Waals surface area contributed by atoms with Crippen LogP contribution in [-0.4, -0.2) is 16.8 Å². The summed E-state index contributed by atoms with van der Waals surface area (Å²) in [6, 6.07) is 23.7. The molecule has 1 N–H and O–H groups in total. The fraction of sp³-hybridized carbons (Fsp3) is 0.107. The van der Waals surface area contributed by atoms with E-state index in [1.165, 1.54) is 12.1 Å². The van der Waals surface area contributed by atoms with Gasteiger partial charge in [0, 0.05) is 35.2 Å². The van der Waals surface area contributed by atoms with Gasteiger partial charge < -0.3 is 10.2 Å². The third-order valence-corrected chi connectivity index (χ3v) is 5.64. The van der Waals surface area contributed by atoms with Crippen LogP contribution in [0.5, 0.6) is 0 Å². The van der Waals surface area contributed by atoms with Gasteiger partial charge in [0.05, 0.1) is 13.0 Å². The van der Waals surface area contributed by atoms with Gasteiger partial charge in [0.2, 0.25) is 5.91 Å². The zero-order valence-corrected chi connectivity index (χ0v) is 19.6. The van der Waals surface area contributed by atoms with Crippen molar-refractivity contribution in [3.05, 3.63) is 130 Å². The molecule has 0 radical (unpaired) electrons. The van der Waals surface area contributed by atoms with E-state index in [2.05, 4.69) is 10.3 Å². The highest BCUT2D eigenvalue weighted by Gasteiger charge is 2.19. The van der Waals surface area contributed by atoms with E-state index < -0.39 is 0 Å². The molecule has 4 aromatic rings. The molecule has 7 heteroatoms. The number of hydrogen-bond acceptors (Lipinski definition) is 3. The summed E-state index contributed by atoms with van der Waals surface area (Å²) >= 11 is 5.97. The van der Waals surface area contributed by atoms with E-state index in [-0.39, 0.29) is 30.6 Å². The number of benzene rings is 3. The fourth-order valence-electron chi connectivity index (χ4n) is 3.59. The lowest BCUT2D eigenvalue weighted by atomic mass is 10.1.